The van der Waals surface area contributed by atoms with Gasteiger partial charge in [-0.2, -0.15) is 0 Å². The van der Waals surface area contributed by atoms with Crippen molar-refractivity contribution in [2.24, 2.45) is 0 Å². The molecule has 0 spiro atoms. The molecule has 0 heterocycles. The average molecular weight is 222 g/mol. The minimum absolute atomic E-state index is 0.0417. The van der Waals surface area contributed by atoms with Crippen LogP contribution in [0, 0.1) is 0 Å². The molecule has 0 radical (unpaired) electrons. The number of unbranched alkanes of at least 4 members (excludes halogenated alkanes) is 1. The zero-order chi connectivity index (χ0) is 11.8. The molecule has 0 aromatic heterocycles. The molecule has 0 amide bonds. The molecule has 0 aromatic rings. The summed E-state index contributed by atoms with van der Waals surface area (Å²) in [5, 5.41) is 16.5. The molecule has 0 fully saturated rings. The van der Waals surface area contributed by atoms with Gasteiger partial charge in [-0.3, -0.25) is 0 Å². The van der Waals surface area contributed by atoms with E-state index in [0.29, 0.717) is 32.8 Å². The van der Waals surface area contributed by atoms with E-state index in [0.717, 1.165) is 12.7 Å². The van der Waals surface area contributed by atoms with Gasteiger partial charge in [0.1, 0.15) is 6.29 Å². The Hall–Kier alpha value is -0.490. The van der Waals surface area contributed by atoms with Crippen LogP contribution in [0.2, 0.25) is 0 Å². The van der Waals surface area contributed by atoms with Gasteiger partial charge in [-0.1, -0.05) is 6.92 Å². The number of aliphatic hydroxyl groups is 2. The van der Waals surface area contributed by atoms with Crippen LogP contribution in [-0.4, -0.2) is 56.1 Å². The van der Waals surface area contributed by atoms with E-state index in [1.807, 2.05) is 6.92 Å². The van der Waals surface area contributed by atoms with Crippen LogP contribution < -0.4 is 0 Å². The fraction of sp³-hybridized carbons (Fsp3) is 0.900. The smallest absolute Gasteiger partial charge is 0.119 e. The standard InChI is InChI=1S/C6H14O4.C4H8O/c7-1-3-9-5-6-10-4-2-8;1-2-3-4-5/h7-8H,1-6H2;4H,2-3H2,1H3. The van der Waals surface area contributed by atoms with E-state index >= 15 is 0 Å². The van der Waals surface area contributed by atoms with E-state index < -0.39 is 0 Å². The largest absolute Gasteiger partial charge is 0.394 e. The van der Waals surface area contributed by atoms with Gasteiger partial charge in [-0.05, 0) is 6.42 Å². The highest BCUT2D eigenvalue weighted by molar-refractivity contribution is 5.48. The van der Waals surface area contributed by atoms with Crippen molar-refractivity contribution in [3.8, 4) is 0 Å². The predicted molar refractivity (Wildman–Crippen MR) is 56.8 cm³/mol. The molecule has 5 heteroatoms. The summed E-state index contributed by atoms with van der Waals surface area (Å²) in [6.45, 7) is 3.71. The number of carbonyl (C=O) groups excluding carboxylic acids is 1. The second-order valence-corrected chi connectivity index (χ2v) is 2.63. The summed E-state index contributed by atoms with van der Waals surface area (Å²) in [5.74, 6) is 0. The Bertz CT molecular complexity index is 100.0. The van der Waals surface area contributed by atoms with Crippen molar-refractivity contribution in [3.63, 3.8) is 0 Å². The molecule has 0 aliphatic rings. The third-order valence-electron chi connectivity index (χ3n) is 1.25. The monoisotopic (exact) mass is 222 g/mol. The van der Waals surface area contributed by atoms with Gasteiger partial charge in [0.25, 0.3) is 0 Å². The summed E-state index contributed by atoms with van der Waals surface area (Å²) < 4.78 is 9.75. The first kappa shape index (κ1) is 16.9. The van der Waals surface area contributed by atoms with Crippen molar-refractivity contribution < 1.29 is 24.5 Å². The van der Waals surface area contributed by atoms with E-state index in [2.05, 4.69) is 0 Å². The lowest BCUT2D eigenvalue weighted by atomic mass is 10.4. The van der Waals surface area contributed by atoms with Crippen LogP contribution in [0.5, 0.6) is 0 Å². The maximum absolute atomic E-state index is 9.40. The van der Waals surface area contributed by atoms with Crippen LogP contribution in [0.25, 0.3) is 0 Å². The second-order valence-electron chi connectivity index (χ2n) is 2.63. The Labute approximate surface area is 91.0 Å². The zero-order valence-corrected chi connectivity index (χ0v) is 9.35. The first-order valence-corrected chi connectivity index (χ1v) is 5.14. The van der Waals surface area contributed by atoms with E-state index in [-0.39, 0.29) is 13.2 Å². The molecule has 92 valence electrons. The maximum Gasteiger partial charge on any atom is 0.119 e. The lowest BCUT2D eigenvalue weighted by molar-refractivity contribution is -0.107. The van der Waals surface area contributed by atoms with Gasteiger partial charge in [-0.25, -0.2) is 0 Å². The van der Waals surface area contributed by atoms with Crippen LogP contribution in [-0.2, 0) is 14.3 Å². The third-order valence-corrected chi connectivity index (χ3v) is 1.25. The molecule has 0 aromatic carbocycles. The Morgan fingerprint density at radius 1 is 1.00 bits per heavy atom. The minimum Gasteiger partial charge on any atom is -0.394 e. The highest BCUT2D eigenvalue weighted by Crippen LogP contribution is 1.76. The van der Waals surface area contributed by atoms with Gasteiger partial charge < -0.3 is 24.5 Å². The van der Waals surface area contributed by atoms with Gasteiger partial charge in [0.15, 0.2) is 0 Å². The van der Waals surface area contributed by atoms with Crippen molar-refractivity contribution in [2.75, 3.05) is 39.6 Å². The third kappa shape index (κ3) is 24.7. The van der Waals surface area contributed by atoms with Crippen LogP contribution in [0.15, 0.2) is 0 Å². The van der Waals surface area contributed by atoms with Gasteiger partial charge in [0, 0.05) is 6.42 Å². The summed E-state index contributed by atoms with van der Waals surface area (Å²) in [6, 6.07) is 0. The summed E-state index contributed by atoms with van der Waals surface area (Å²) in [5.41, 5.74) is 0. The van der Waals surface area contributed by atoms with Crippen LogP contribution in [0.3, 0.4) is 0 Å². The number of ether oxygens (including phenoxy) is 2. The van der Waals surface area contributed by atoms with Crippen molar-refractivity contribution in [3.05, 3.63) is 0 Å². The molecule has 0 aliphatic carbocycles. The van der Waals surface area contributed by atoms with E-state index in [1.54, 1.807) is 0 Å². The molecule has 15 heavy (non-hydrogen) atoms. The highest BCUT2D eigenvalue weighted by atomic mass is 16.5. The Morgan fingerprint density at radius 3 is 1.67 bits per heavy atom. The molecule has 2 N–H and O–H groups in total. The lowest BCUT2D eigenvalue weighted by Gasteiger charge is -2.01. The zero-order valence-electron chi connectivity index (χ0n) is 9.35. The Balaban J connectivity index is 0. The summed E-state index contributed by atoms with van der Waals surface area (Å²) >= 11 is 0. The van der Waals surface area contributed by atoms with Crippen molar-refractivity contribution in [1.29, 1.82) is 0 Å². The molecule has 0 saturated carbocycles. The van der Waals surface area contributed by atoms with Gasteiger partial charge >= 0.3 is 0 Å². The average Bonchev–Trinajstić information content (AvgIpc) is 2.25. The summed E-state index contributed by atoms with van der Waals surface area (Å²) in [6.07, 6.45) is 2.61. The molecule has 0 rings (SSSR count). The molecule has 0 bridgehead atoms. The normalized spacial score (nSPS) is 9.27. The maximum atomic E-state index is 9.40. The van der Waals surface area contributed by atoms with Crippen LogP contribution in [0.1, 0.15) is 19.8 Å². The molecule has 0 unspecified atom stereocenters. The predicted octanol–water partition coefficient (Wildman–Crippen LogP) is -0.0104. The van der Waals surface area contributed by atoms with Crippen molar-refractivity contribution in [2.45, 2.75) is 19.8 Å². The van der Waals surface area contributed by atoms with Gasteiger partial charge in [0.2, 0.25) is 0 Å². The molecular formula is C10H22O5. The summed E-state index contributed by atoms with van der Waals surface area (Å²) in [7, 11) is 0. The highest BCUT2D eigenvalue weighted by Gasteiger charge is 1.86. The number of aliphatic hydroxyl groups excluding tert-OH is 2. The molecular weight excluding hydrogens is 200 g/mol. The lowest BCUT2D eigenvalue weighted by Crippen LogP contribution is -2.09. The Morgan fingerprint density at radius 2 is 1.47 bits per heavy atom. The fourth-order valence-electron chi connectivity index (χ4n) is 0.569. The first-order valence-electron chi connectivity index (χ1n) is 5.14. The first-order chi connectivity index (χ1) is 7.33. The number of rotatable bonds is 9. The van der Waals surface area contributed by atoms with Crippen LogP contribution >= 0.6 is 0 Å². The molecule has 0 aliphatic heterocycles. The number of hydrogen-bond donors (Lipinski definition) is 2. The minimum atomic E-state index is 0.0417. The van der Waals surface area contributed by atoms with Gasteiger partial charge in [0.05, 0.1) is 39.6 Å². The number of carbonyl (C=O) groups is 1. The fourth-order valence-corrected chi connectivity index (χ4v) is 0.569. The molecule has 0 saturated heterocycles. The Kier molecular flexibility index (Phi) is 21.6. The number of aldehydes is 1. The molecule has 5 nitrogen and oxygen atoms in total. The topological polar surface area (TPSA) is 76.0 Å². The number of hydrogen-bond acceptors (Lipinski definition) is 5. The quantitative estimate of drug-likeness (QED) is 0.424. The summed E-state index contributed by atoms with van der Waals surface area (Å²) in [4.78, 5) is 9.40. The van der Waals surface area contributed by atoms with Crippen molar-refractivity contribution >= 4 is 6.29 Å². The van der Waals surface area contributed by atoms with Crippen LogP contribution in [0.4, 0.5) is 0 Å². The van der Waals surface area contributed by atoms with E-state index in [9.17, 15) is 4.79 Å². The molecule has 0 atom stereocenters. The SMILES string of the molecule is CCCC=O.OCCOCCOCCO. The van der Waals surface area contributed by atoms with E-state index in [1.165, 1.54) is 0 Å². The van der Waals surface area contributed by atoms with E-state index in [4.69, 9.17) is 19.7 Å². The second kappa shape index (κ2) is 19.1. The van der Waals surface area contributed by atoms with Crippen molar-refractivity contribution in [1.82, 2.24) is 0 Å². The van der Waals surface area contributed by atoms with Gasteiger partial charge in [-0.15, -0.1) is 0 Å².